The number of fused-ring (bicyclic) bond motifs is 2. The molecule has 3 heterocycles. The number of halogens is 2. The van der Waals surface area contributed by atoms with Gasteiger partial charge in [-0.3, -0.25) is 4.79 Å². The van der Waals surface area contributed by atoms with E-state index in [1.807, 2.05) is 39.0 Å². The van der Waals surface area contributed by atoms with Crippen molar-refractivity contribution in [3.05, 3.63) is 65.4 Å². The Morgan fingerprint density at radius 3 is 2.82 bits per heavy atom. The highest BCUT2D eigenvalue weighted by molar-refractivity contribution is 5.90. The van der Waals surface area contributed by atoms with Crippen molar-refractivity contribution in [2.75, 3.05) is 0 Å². The topological polar surface area (TPSA) is 98.2 Å². The summed E-state index contributed by atoms with van der Waals surface area (Å²) in [5.41, 5.74) is 2.75. The Bertz CT molecular complexity index is 1340. The molecule has 0 saturated carbocycles. The molecule has 1 N–H and O–H groups in total. The molecule has 0 spiro atoms. The summed E-state index contributed by atoms with van der Waals surface area (Å²) in [6.07, 6.45) is 6.23. The van der Waals surface area contributed by atoms with E-state index >= 15 is 4.39 Å². The zero-order valence-corrected chi connectivity index (χ0v) is 20.0. The molecule has 34 heavy (non-hydrogen) atoms. The molecule has 0 saturated heterocycles. The number of nitrogens with zero attached hydrogens (tertiary/aromatic N) is 5. The maximum atomic E-state index is 15.8. The van der Waals surface area contributed by atoms with Gasteiger partial charge in [0.05, 0.1) is 11.6 Å². The van der Waals surface area contributed by atoms with Crippen LogP contribution < -0.4 is 5.32 Å². The molecule has 178 valence electrons. The molecule has 0 aliphatic heterocycles. The fourth-order valence-electron chi connectivity index (χ4n) is 4.27. The fourth-order valence-corrected chi connectivity index (χ4v) is 4.27. The minimum absolute atomic E-state index is 0. The molecule has 10 heteroatoms. The summed E-state index contributed by atoms with van der Waals surface area (Å²) in [7, 11) is 0. The molecular weight excluding hydrogens is 459 g/mol. The van der Waals surface area contributed by atoms with Gasteiger partial charge in [0, 0.05) is 17.2 Å². The molecule has 5 rings (SSSR count). The molecule has 1 atom stereocenters. The summed E-state index contributed by atoms with van der Waals surface area (Å²) >= 11 is 0. The number of aromatic nitrogens is 5. The molecule has 1 aliphatic carbocycles. The Kier molecular flexibility index (Phi) is 6.40. The van der Waals surface area contributed by atoms with Crippen molar-refractivity contribution >= 4 is 23.8 Å². The third-order valence-electron chi connectivity index (χ3n) is 5.99. The van der Waals surface area contributed by atoms with E-state index in [9.17, 15) is 4.79 Å². The van der Waals surface area contributed by atoms with E-state index in [0.29, 0.717) is 35.6 Å². The first-order chi connectivity index (χ1) is 15.8. The Morgan fingerprint density at radius 2 is 2.06 bits per heavy atom. The van der Waals surface area contributed by atoms with Crippen molar-refractivity contribution in [2.24, 2.45) is 0 Å². The van der Waals surface area contributed by atoms with Crippen LogP contribution in [0, 0.1) is 5.82 Å². The van der Waals surface area contributed by atoms with Crippen LogP contribution in [0.5, 0.6) is 0 Å². The fraction of sp³-hybridized carbons (Fsp3) is 0.375. The molecule has 0 radical (unpaired) electrons. The summed E-state index contributed by atoms with van der Waals surface area (Å²) in [4.78, 5) is 21.4. The van der Waals surface area contributed by atoms with Gasteiger partial charge in [-0.05, 0) is 48.6 Å². The molecule has 1 unspecified atom stereocenters. The SMILES string of the molecule is CC(C)(C)c1nc(C(=O)NC2CCCCc3c2ccc(-c2ncnn4cccc24)c3F)no1.Cl. The van der Waals surface area contributed by atoms with Gasteiger partial charge in [-0.25, -0.2) is 13.9 Å². The molecular formula is C24H26ClFN6O2. The molecule has 3 aromatic heterocycles. The molecule has 0 bridgehead atoms. The molecule has 1 amide bonds. The van der Waals surface area contributed by atoms with Crippen molar-refractivity contribution in [3.8, 4) is 11.3 Å². The van der Waals surface area contributed by atoms with Gasteiger partial charge in [0.1, 0.15) is 17.8 Å². The smallest absolute Gasteiger partial charge is 0.293 e. The van der Waals surface area contributed by atoms with Crippen LogP contribution in [0.1, 0.15) is 73.7 Å². The van der Waals surface area contributed by atoms with E-state index in [-0.39, 0.29) is 35.5 Å². The maximum Gasteiger partial charge on any atom is 0.293 e. The number of carbonyl (C=O) groups is 1. The quantitative estimate of drug-likeness (QED) is 0.418. The summed E-state index contributed by atoms with van der Waals surface area (Å²) in [6, 6.07) is 7.00. The standard InChI is InChI=1S/C24H25FN6O2.ClH/c1-24(2,3)23-29-21(30-33-23)22(32)28-17-8-5-4-7-15-14(17)10-11-16(19(15)25)20-18-9-6-12-31(18)27-13-26-20;/h6,9-13,17H,4-5,7-8H2,1-3H3,(H,28,32);1H. The van der Waals surface area contributed by atoms with E-state index in [2.05, 4.69) is 25.5 Å². The number of amides is 1. The van der Waals surface area contributed by atoms with Crippen molar-refractivity contribution in [1.29, 1.82) is 0 Å². The van der Waals surface area contributed by atoms with Gasteiger partial charge in [0.15, 0.2) is 0 Å². The minimum atomic E-state index is -0.428. The zero-order chi connectivity index (χ0) is 23.2. The number of carbonyl (C=O) groups excluding carboxylic acids is 1. The third-order valence-corrected chi connectivity index (χ3v) is 5.99. The van der Waals surface area contributed by atoms with Crippen LogP contribution in [0.2, 0.25) is 0 Å². The molecule has 8 nitrogen and oxygen atoms in total. The number of benzene rings is 1. The van der Waals surface area contributed by atoms with Crippen LogP contribution in [0.25, 0.3) is 16.8 Å². The molecule has 4 aromatic rings. The lowest BCUT2D eigenvalue weighted by Crippen LogP contribution is -2.30. The second-order valence-electron chi connectivity index (χ2n) is 9.39. The Labute approximate surface area is 202 Å². The van der Waals surface area contributed by atoms with Gasteiger partial charge in [-0.1, -0.05) is 38.4 Å². The van der Waals surface area contributed by atoms with Crippen LogP contribution in [0.3, 0.4) is 0 Å². The minimum Gasteiger partial charge on any atom is -0.342 e. The lowest BCUT2D eigenvalue weighted by molar-refractivity contribution is 0.0921. The Morgan fingerprint density at radius 1 is 1.24 bits per heavy atom. The highest BCUT2D eigenvalue weighted by Gasteiger charge is 2.28. The van der Waals surface area contributed by atoms with Crippen molar-refractivity contribution in [2.45, 2.75) is 57.9 Å². The van der Waals surface area contributed by atoms with E-state index in [1.54, 1.807) is 16.8 Å². The maximum absolute atomic E-state index is 15.8. The lowest BCUT2D eigenvalue weighted by Gasteiger charge is -2.20. The second kappa shape index (κ2) is 9.13. The number of rotatable bonds is 3. The van der Waals surface area contributed by atoms with E-state index in [1.165, 1.54) is 6.33 Å². The van der Waals surface area contributed by atoms with Gasteiger partial charge in [-0.2, -0.15) is 10.1 Å². The summed E-state index contributed by atoms with van der Waals surface area (Å²) < 4.78 is 22.7. The molecule has 1 aromatic carbocycles. The van der Waals surface area contributed by atoms with Crippen LogP contribution in [0.4, 0.5) is 4.39 Å². The van der Waals surface area contributed by atoms with Crippen LogP contribution >= 0.6 is 12.4 Å². The highest BCUT2D eigenvalue weighted by Crippen LogP contribution is 2.35. The first-order valence-electron chi connectivity index (χ1n) is 11.1. The second-order valence-corrected chi connectivity index (χ2v) is 9.39. The number of hydrogen-bond donors (Lipinski definition) is 1. The van der Waals surface area contributed by atoms with E-state index < -0.39 is 5.91 Å². The highest BCUT2D eigenvalue weighted by atomic mass is 35.5. The Balaban J connectivity index is 0.00000274. The number of hydrogen-bond acceptors (Lipinski definition) is 6. The molecule has 0 fully saturated rings. The van der Waals surface area contributed by atoms with Crippen molar-refractivity contribution < 1.29 is 13.7 Å². The number of nitrogens with one attached hydrogen (secondary N) is 1. The van der Waals surface area contributed by atoms with Gasteiger partial charge in [-0.15, -0.1) is 12.4 Å². The Hall–Kier alpha value is -3.33. The van der Waals surface area contributed by atoms with Crippen molar-refractivity contribution in [1.82, 2.24) is 30.1 Å². The van der Waals surface area contributed by atoms with Gasteiger partial charge < -0.3 is 9.84 Å². The lowest BCUT2D eigenvalue weighted by atomic mass is 9.94. The van der Waals surface area contributed by atoms with Gasteiger partial charge in [0.2, 0.25) is 5.89 Å². The first kappa shape index (κ1) is 23.8. The average molecular weight is 485 g/mol. The normalized spacial score (nSPS) is 15.9. The van der Waals surface area contributed by atoms with Crippen LogP contribution in [-0.2, 0) is 11.8 Å². The van der Waals surface area contributed by atoms with Crippen molar-refractivity contribution in [3.63, 3.8) is 0 Å². The summed E-state index contributed by atoms with van der Waals surface area (Å²) in [5.74, 6) is -0.349. The average Bonchev–Trinajstić information content (AvgIpc) is 3.42. The van der Waals surface area contributed by atoms with E-state index in [0.717, 1.165) is 23.9 Å². The van der Waals surface area contributed by atoms with Gasteiger partial charge in [0.25, 0.3) is 11.7 Å². The summed E-state index contributed by atoms with van der Waals surface area (Å²) in [6.45, 7) is 5.80. The van der Waals surface area contributed by atoms with E-state index in [4.69, 9.17) is 4.52 Å². The third kappa shape index (κ3) is 4.27. The predicted octanol–water partition coefficient (Wildman–Crippen LogP) is 4.84. The van der Waals surface area contributed by atoms with Gasteiger partial charge >= 0.3 is 0 Å². The monoisotopic (exact) mass is 484 g/mol. The summed E-state index contributed by atoms with van der Waals surface area (Å²) in [5, 5.41) is 11.0. The first-order valence-corrected chi connectivity index (χ1v) is 11.1. The predicted molar refractivity (Wildman–Crippen MR) is 126 cm³/mol. The zero-order valence-electron chi connectivity index (χ0n) is 19.2. The van der Waals surface area contributed by atoms with Crippen LogP contribution in [0.15, 0.2) is 41.3 Å². The molecule has 1 aliphatic rings. The van der Waals surface area contributed by atoms with Crippen LogP contribution in [-0.4, -0.2) is 30.6 Å². The largest absolute Gasteiger partial charge is 0.342 e.